The van der Waals surface area contributed by atoms with Crippen LogP contribution in [0, 0.1) is 12.8 Å². The standard InChI is InChI=1S/C12H16N2O5S2/c1-7-10(6-9(20-7)12(16)17)21(18,19)14-4-2-8(3-5-14)11(13)15/h6,8H,2-5H2,1H3,(H2,13,15)(H,16,17). The van der Waals surface area contributed by atoms with E-state index in [9.17, 15) is 18.0 Å². The molecule has 1 aromatic heterocycles. The number of carbonyl (C=O) groups is 2. The van der Waals surface area contributed by atoms with Gasteiger partial charge in [0.2, 0.25) is 15.9 Å². The Kier molecular flexibility index (Phi) is 4.35. The minimum Gasteiger partial charge on any atom is -0.477 e. The quantitative estimate of drug-likeness (QED) is 0.839. The number of nitrogens with zero attached hydrogens (tertiary/aromatic N) is 1. The number of hydrogen-bond donors (Lipinski definition) is 2. The smallest absolute Gasteiger partial charge is 0.345 e. The molecule has 21 heavy (non-hydrogen) atoms. The fourth-order valence-electron chi connectivity index (χ4n) is 2.35. The summed E-state index contributed by atoms with van der Waals surface area (Å²) in [7, 11) is -3.73. The van der Waals surface area contributed by atoms with Crippen molar-refractivity contribution >= 4 is 33.2 Å². The van der Waals surface area contributed by atoms with Crippen LogP contribution in [0.2, 0.25) is 0 Å². The first-order valence-electron chi connectivity index (χ1n) is 6.36. The summed E-state index contributed by atoms with van der Waals surface area (Å²) in [6, 6.07) is 1.19. The first-order valence-corrected chi connectivity index (χ1v) is 8.62. The maximum absolute atomic E-state index is 12.5. The lowest BCUT2D eigenvalue weighted by molar-refractivity contribution is -0.122. The number of hydrogen-bond acceptors (Lipinski definition) is 5. The largest absolute Gasteiger partial charge is 0.477 e. The van der Waals surface area contributed by atoms with E-state index in [-0.39, 0.29) is 28.8 Å². The molecular weight excluding hydrogens is 316 g/mol. The molecule has 0 saturated carbocycles. The second-order valence-electron chi connectivity index (χ2n) is 4.92. The summed E-state index contributed by atoms with van der Waals surface area (Å²) in [5.41, 5.74) is 5.22. The number of aromatic carboxylic acids is 1. The Labute approximate surface area is 126 Å². The topological polar surface area (TPSA) is 118 Å². The third-order valence-corrected chi connectivity index (χ3v) is 6.75. The normalized spacial score (nSPS) is 17.8. The summed E-state index contributed by atoms with van der Waals surface area (Å²) < 4.78 is 26.4. The van der Waals surface area contributed by atoms with Crippen LogP contribution in [-0.4, -0.2) is 42.8 Å². The summed E-state index contributed by atoms with van der Waals surface area (Å²) in [6.07, 6.45) is 0.785. The van der Waals surface area contributed by atoms with Gasteiger partial charge in [-0.2, -0.15) is 4.31 Å². The van der Waals surface area contributed by atoms with E-state index in [1.807, 2.05) is 0 Å². The molecule has 2 heterocycles. The van der Waals surface area contributed by atoms with Gasteiger partial charge in [-0.05, 0) is 25.8 Å². The molecule has 1 saturated heterocycles. The van der Waals surface area contributed by atoms with Crippen LogP contribution in [0.3, 0.4) is 0 Å². The zero-order chi connectivity index (χ0) is 15.8. The summed E-state index contributed by atoms with van der Waals surface area (Å²) in [6.45, 7) is 2.02. The van der Waals surface area contributed by atoms with E-state index in [0.717, 1.165) is 11.3 Å². The molecule has 0 spiro atoms. The maximum Gasteiger partial charge on any atom is 0.345 e. The van der Waals surface area contributed by atoms with E-state index in [1.165, 1.54) is 10.4 Å². The average Bonchev–Trinajstić information content (AvgIpc) is 2.82. The van der Waals surface area contributed by atoms with Crippen molar-refractivity contribution in [3.63, 3.8) is 0 Å². The minimum absolute atomic E-state index is 0.00176. The van der Waals surface area contributed by atoms with Gasteiger partial charge < -0.3 is 10.8 Å². The number of aryl methyl sites for hydroxylation is 1. The van der Waals surface area contributed by atoms with Gasteiger partial charge in [-0.15, -0.1) is 11.3 Å². The van der Waals surface area contributed by atoms with E-state index in [4.69, 9.17) is 10.8 Å². The number of sulfonamides is 1. The van der Waals surface area contributed by atoms with Crippen LogP contribution >= 0.6 is 11.3 Å². The van der Waals surface area contributed by atoms with Gasteiger partial charge in [0.1, 0.15) is 4.88 Å². The number of thiophene rings is 1. The minimum atomic E-state index is -3.73. The van der Waals surface area contributed by atoms with Gasteiger partial charge in [-0.25, -0.2) is 13.2 Å². The van der Waals surface area contributed by atoms with E-state index >= 15 is 0 Å². The fourth-order valence-corrected chi connectivity index (χ4v) is 5.22. The van der Waals surface area contributed by atoms with Gasteiger partial charge in [0, 0.05) is 23.9 Å². The highest BCUT2D eigenvalue weighted by Gasteiger charge is 2.33. The van der Waals surface area contributed by atoms with Crippen LogP contribution in [-0.2, 0) is 14.8 Å². The Bertz CT molecular complexity index is 672. The highest BCUT2D eigenvalue weighted by molar-refractivity contribution is 7.89. The van der Waals surface area contributed by atoms with Gasteiger partial charge in [0.25, 0.3) is 0 Å². The highest BCUT2D eigenvalue weighted by atomic mass is 32.2. The lowest BCUT2D eigenvalue weighted by Crippen LogP contribution is -2.41. The third kappa shape index (κ3) is 3.09. The van der Waals surface area contributed by atoms with Gasteiger partial charge >= 0.3 is 5.97 Å². The van der Waals surface area contributed by atoms with Crippen molar-refractivity contribution in [3.05, 3.63) is 15.8 Å². The maximum atomic E-state index is 12.5. The molecule has 9 heteroatoms. The fraction of sp³-hybridized carbons (Fsp3) is 0.500. The summed E-state index contributed by atoms with van der Waals surface area (Å²) in [5.74, 6) is -1.85. The van der Waals surface area contributed by atoms with Crippen LogP contribution in [0.1, 0.15) is 27.4 Å². The van der Waals surface area contributed by atoms with E-state index < -0.39 is 21.9 Å². The van der Waals surface area contributed by atoms with Crippen molar-refractivity contribution in [2.24, 2.45) is 11.7 Å². The Morgan fingerprint density at radius 1 is 1.38 bits per heavy atom. The molecule has 3 N–H and O–H groups in total. The molecule has 0 bridgehead atoms. The van der Waals surface area contributed by atoms with Crippen molar-refractivity contribution in [3.8, 4) is 0 Å². The predicted molar refractivity (Wildman–Crippen MR) is 76.7 cm³/mol. The number of piperidine rings is 1. The number of carbonyl (C=O) groups excluding carboxylic acids is 1. The molecule has 1 aromatic rings. The molecule has 1 fully saturated rings. The first kappa shape index (κ1) is 15.9. The van der Waals surface area contributed by atoms with E-state index in [1.54, 1.807) is 6.92 Å². The Balaban J connectivity index is 2.23. The van der Waals surface area contributed by atoms with Crippen LogP contribution in [0.5, 0.6) is 0 Å². The molecule has 0 aromatic carbocycles. The highest BCUT2D eigenvalue weighted by Crippen LogP contribution is 2.30. The number of rotatable bonds is 4. The average molecular weight is 332 g/mol. The molecule has 1 aliphatic rings. The van der Waals surface area contributed by atoms with E-state index in [0.29, 0.717) is 17.7 Å². The molecule has 1 aliphatic heterocycles. The summed E-state index contributed by atoms with van der Waals surface area (Å²) in [5, 5.41) is 8.95. The van der Waals surface area contributed by atoms with Crippen LogP contribution in [0.25, 0.3) is 0 Å². The van der Waals surface area contributed by atoms with E-state index in [2.05, 4.69) is 0 Å². The first-order chi connectivity index (χ1) is 9.73. The van der Waals surface area contributed by atoms with Crippen molar-refractivity contribution in [1.82, 2.24) is 4.31 Å². The lowest BCUT2D eigenvalue weighted by Gasteiger charge is -2.29. The van der Waals surface area contributed by atoms with Crippen molar-refractivity contribution < 1.29 is 23.1 Å². The Morgan fingerprint density at radius 2 is 1.95 bits per heavy atom. The number of carboxylic acid groups (broad SMARTS) is 1. The number of primary amides is 1. The van der Waals surface area contributed by atoms with Crippen molar-refractivity contribution in [2.45, 2.75) is 24.7 Å². The Morgan fingerprint density at radius 3 is 2.38 bits per heavy atom. The third-order valence-electron chi connectivity index (χ3n) is 3.56. The molecule has 0 unspecified atom stereocenters. The van der Waals surface area contributed by atoms with Crippen LogP contribution in [0.15, 0.2) is 11.0 Å². The number of carboxylic acids is 1. The Hall–Kier alpha value is -1.45. The molecule has 0 aliphatic carbocycles. The zero-order valence-corrected chi connectivity index (χ0v) is 13.0. The van der Waals surface area contributed by atoms with Crippen LogP contribution < -0.4 is 5.73 Å². The van der Waals surface area contributed by atoms with Crippen molar-refractivity contribution in [2.75, 3.05) is 13.1 Å². The molecule has 0 atom stereocenters. The summed E-state index contributed by atoms with van der Waals surface area (Å²) >= 11 is 0.939. The SMILES string of the molecule is Cc1sc(C(=O)O)cc1S(=O)(=O)N1CCC(C(N)=O)CC1. The molecule has 2 rings (SSSR count). The predicted octanol–water partition coefficient (Wildman–Crippen LogP) is 0.641. The van der Waals surface area contributed by atoms with Gasteiger partial charge in [-0.1, -0.05) is 0 Å². The second kappa shape index (κ2) is 5.74. The van der Waals surface area contributed by atoms with Gasteiger partial charge in [-0.3, -0.25) is 4.79 Å². The molecule has 116 valence electrons. The summed E-state index contributed by atoms with van der Waals surface area (Å²) in [4.78, 5) is 22.5. The lowest BCUT2D eigenvalue weighted by atomic mass is 9.98. The van der Waals surface area contributed by atoms with Gasteiger partial charge in [0.15, 0.2) is 0 Å². The monoisotopic (exact) mass is 332 g/mol. The van der Waals surface area contributed by atoms with Crippen molar-refractivity contribution in [1.29, 1.82) is 0 Å². The number of amides is 1. The number of nitrogens with two attached hydrogens (primary N) is 1. The van der Waals surface area contributed by atoms with Gasteiger partial charge in [0.05, 0.1) is 4.90 Å². The molecule has 1 amide bonds. The van der Waals surface area contributed by atoms with Crippen LogP contribution in [0.4, 0.5) is 0 Å². The molecule has 0 radical (unpaired) electrons. The molecule has 7 nitrogen and oxygen atoms in total. The second-order valence-corrected chi connectivity index (χ2v) is 8.08. The zero-order valence-electron chi connectivity index (χ0n) is 11.4. The molecular formula is C12H16N2O5S2.